The minimum atomic E-state index is -0.474. The van der Waals surface area contributed by atoms with Crippen LogP contribution in [0.3, 0.4) is 0 Å². The van der Waals surface area contributed by atoms with Gasteiger partial charge in [0.15, 0.2) is 0 Å². The van der Waals surface area contributed by atoms with E-state index in [1.54, 1.807) is 0 Å². The molecule has 0 atom stereocenters. The maximum atomic E-state index is 11.1. The molecule has 1 amide bonds. The number of likely N-dealkylation sites (tertiary alicyclic amines) is 1. The van der Waals surface area contributed by atoms with Gasteiger partial charge < -0.3 is 15.3 Å². The van der Waals surface area contributed by atoms with Gasteiger partial charge in [0.05, 0.1) is 0 Å². The third-order valence-electron chi connectivity index (χ3n) is 3.52. The Kier molecular flexibility index (Phi) is 5.36. The number of nitrogens with one attached hydrogen (secondary N) is 1. The quantitative estimate of drug-likeness (QED) is 0.848. The van der Waals surface area contributed by atoms with Gasteiger partial charge in [0, 0.05) is 12.2 Å². The second-order valence-electron chi connectivity index (χ2n) is 5.06. The van der Waals surface area contributed by atoms with E-state index in [0.29, 0.717) is 0 Å². The van der Waals surface area contributed by atoms with E-state index >= 15 is 0 Å². The van der Waals surface area contributed by atoms with Gasteiger partial charge in [0.2, 0.25) is 5.91 Å². The van der Waals surface area contributed by atoms with Crippen molar-refractivity contribution in [3.05, 3.63) is 29.8 Å². The van der Waals surface area contributed by atoms with Crippen LogP contribution in [0.5, 0.6) is 0 Å². The summed E-state index contributed by atoms with van der Waals surface area (Å²) in [6, 6.07) is 7.85. The molecule has 1 saturated heterocycles. The van der Waals surface area contributed by atoms with Crippen LogP contribution in [0, 0.1) is 0 Å². The summed E-state index contributed by atoms with van der Waals surface area (Å²) in [5.41, 5.74) is 1.98. The fraction of sp³-hybridized carbons (Fsp3) is 0.533. The van der Waals surface area contributed by atoms with Gasteiger partial charge in [-0.25, -0.2) is 0 Å². The third kappa shape index (κ3) is 4.65. The number of carbonyl (C=O) groups is 1. The molecule has 2 N–H and O–H groups in total. The number of amides is 1. The first-order chi connectivity index (χ1) is 9.28. The molecule has 0 aliphatic carbocycles. The largest absolute Gasteiger partial charge is 0.387 e. The van der Waals surface area contributed by atoms with Crippen LogP contribution in [0.2, 0.25) is 0 Å². The molecule has 0 radical (unpaired) electrons. The van der Waals surface area contributed by atoms with Crippen molar-refractivity contribution in [2.24, 2.45) is 0 Å². The number of anilines is 1. The number of nitrogens with zero attached hydrogens (tertiary/aromatic N) is 1. The summed E-state index contributed by atoms with van der Waals surface area (Å²) < 4.78 is 0. The zero-order chi connectivity index (χ0) is 13.5. The van der Waals surface area contributed by atoms with Crippen LogP contribution in [0.4, 0.5) is 5.69 Å². The maximum absolute atomic E-state index is 11.1. The van der Waals surface area contributed by atoms with Crippen LogP contribution in [0.1, 0.15) is 24.8 Å². The lowest BCUT2D eigenvalue weighted by atomic mass is 10.1. The van der Waals surface area contributed by atoms with Gasteiger partial charge in [-0.2, -0.15) is 0 Å². The second-order valence-corrected chi connectivity index (χ2v) is 5.06. The van der Waals surface area contributed by atoms with Gasteiger partial charge in [0.25, 0.3) is 0 Å². The molecule has 19 heavy (non-hydrogen) atoms. The van der Waals surface area contributed by atoms with Crippen LogP contribution in [0.15, 0.2) is 24.3 Å². The molecule has 4 nitrogen and oxygen atoms in total. The van der Waals surface area contributed by atoms with E-state index in [1.165, 1.54) is 37.9 Å². The van der Waals surface area contributed by atoms with Crippen molar-refractivity contribution in [3.63, 3.8) is 0 Å². The van der Waals surface area contributed by atoms with Crippen molar-refractivity contribution < 1.29 is 9.90 Å². The minimum absolute atomic E-state index is 0.367. The molecule has 1 heterocycles. The molecule has 0 aromatic heterocycles. The summed E-state index contributed by atoms with van der Waals surface area (Å²) in [4.78, 5) is 13.6. The molecule has 2 rings (SSSR count). The predicted octanol–water partition coefficient (Wildman–Crippen LogP) is 1.65. The van der Waals surface area contributed by atoms with E-state index in [1.807, 2.05) is 18.2 Å². The predicted molar refractivity (Wildman–Crippen MR) is 76.2 cm³/mol. The first-order valence-electron chi connectivity index (χ1n) is 7.00. The molecule has 0 spiro atoms. The van der Waals surface area contributed by atoms with E-state index in [9.17, 15) is 4.79 Å². The molecular formula is C15H22N2O2. The highest BCUT2D eigenvalue weighted by Crippen LogP contribution is 2.13. The highest BCUT2D eigenvalue weighted by Gasteiger charge is 2.09. The third-order valence-corrected chi connectivity index (χ3v) is 3.52. The summed E-state index contributed by atoms with van der Waals surface area (Å²) in [6.45, 7) is 3.03. The lowest BCUT2D eigenvalue weighted by molar-refractivity contribution is -0.118. The molecule has 0 saturated carbocycles. The zero-order valence-electron chi connectivity index (χ0n) is 11.3. The molecule has 104 valence electrons. The van der Waals surface area contributed by atoms with Gasteiger partial charge in [0.1, 0.15) is 6.61 Å². The summed E-state index contributed by atoms with van der Waals surface area (Å²) in [5, 5.41) is 11.4. The SMILES string of the molecule is O=C(CO)Nc1cccc(CCN2CCCCC2)c1. The van der Waals surface area contributed by atoms with E-state index in [0.717, 1.165) is 18.7 Å². The molecule has 1 aromatic rings. The van der Waals surface area contributed by atoms with Gasteiger partial charge in [-0.15, -0.1) is 0 Å². The van der Waals surface area contributed by atoms with Crippen LogP contribution in [0.25, 0.3) is 0 Å². The monoisotopic (exact) mass is 262 g/mol. The van der Waals surface area contributed by atoms with Crippen LogP contribution >= 0.6 is 0 Å². The minimum Gasteiger partial charge on any atom is -0.387 e. The number of rotatable bonds is 5. The lowest BCUT2D eigenvalue weighted by Crippen LogP contribution is -2.31. The van der Waals surface area contributed by atoms with Gasteiger partial charge in [-0.3, -0.25) is 4.79 Å². The van der Waals surface area contributed by atoms with Gasteiger partial charge in [-0.05, 0) is 50.0 Å². The van der Waals surface area contributed by atoms with Crippen LogP contribution in [-0.2, 0) is 11.2 Å². The summed E-state index contributed by atoms with van der Waals surface area (Å²) in [5.74, 6) is -0.367. The molecule has 0 unspecified atom stereocenters. The van der Waals surface area contributed by atoms with Crippen molar-refractivity contribution in [1.82, 2.24) is 4.90 Å². The van der Waals surface area contributed by atoms with E-state index in [2.05, 4.69) is 16.3 Å². The van der Waals surface area contributed by atoms with Crippen molar-refractivity contribution in [2.75, 3.05) is 31.6 Å². The smallest absolute Gasteiger partial charge is 0.250 e. The lowest BCUT2D eigenvalue weighted by Gasteiger charge is -2.26. The Balaban J connectivity index is 1.85. The average Bonchev–Trinajstić information content (AvgIpc) is 2.46. The Labute approximate surface area is 114 Å². The summed E-state index contributed by atoms with van der Waals surface area (Å²) in [6.07, 6.45) is 4.99. The van der Waals surface area contributed by atoms with E-state index < -0.39 is 6.61 Å². The Morgan fingerprint density at radius 2 is 2.05 bits per heavy atom. The van der Waals surface area contributed by atoms with E-state index in [-0.39, 0.29) is 5.91 Å². The number of benzene rings is 1. The molecule has 0 bridgehead atoms. The van der Waals surface area contributed by atoms with Crippen molar-refractivity contribution in [3.8, 4) is 0 Å². The standard InChI is InChI=1S/C15H22N2O2/c18-12-15(19)16-14-6-4-5-13(11-14)7-10-17-8-2-1-3-9-17/h4-6,11,18H,1-3,7-10,12H2,(H,16,19). The van der Waals surface area contributed by atoms with Gasteiger partial charge >= 0.3 is 0 Å². The number of hydrogen-bond donors (Lipinski definition) is 2. The van der Waals surface area contributed by atoms with Crippen molar-refractivity contribution in [2.45, 2.75) is 25.7 Å². The highest BCUT2D eigenvalue weighted by molar-refractivity contribution is 5.91. The zero-order valence-corrected chi connectivity index (χ0v) is 11.3. The molecular weight excluding hydrogens is 240 g/mol. The molecule has 1 aliphatic heterocycles. The van der Waals surface area contributed by atoms with Crippen LogP contribution in [-0.4, -0.2) is 42.2 Å². The van der Waals surface area contributed by atoms with Crippen molar-refractivity contribution >= 4 is 11.6 Å². The Hall–Kier alpha value is -1.39. The molecule has 1 aliphatic rings. The topological polar surface area (TPSA) is 52.6 Å². The highest BCUT2D eigenvalue weighted by atomic mass is 16.3. The first-order valence-corrected chi connectivity index (χ1v) is 7.00. The second kappa shape index (κ2) is 7.26. The Bertz CT molecular complexity index is 414. The fourth-order valence-corrected chi connectivity index (χ4v) is 2.48. The van der Waals surface area contributed by atoms with E-state index in [4.69, 9.17) is 5.11 Å². The molecule has 1 fully saturated rings. The maximum Gasteiger partial charge on any atom is 0.250 e. The number of aliphatic hydroxyl groups excluding tert-OH is 1. The number of carbonyl (C=O) groups excluding carboxylic acids is 1. The van der Waals surface area contributed by atoms with Crippen molar-refractivity contribution in [1.29, 1.82) is 0 Å². The normalized spacial score (nSPS) is 16.3. The number of piperidine rings is 1. The fourth-order valence-electron chi connectivity index (χ4n) is 2.48. The number of aliphatic hydroxyl groups is 1. The summed E-state index contributed by atoms with van der Waals surface area (Å²) in [7, 11) is 0. The van der Waals surface area contributed by atoms with Gasteiger partial charge in [-0.1, -0.05) is 18.6 Å². The Morgan fingerprint density at radius 3 is 2.79 bits per heavy atom. The Morgan fingerprint density at radius 1 is 1.26 bits per heavy atom. The number of hydrogen-bond acceptors (Lipinski definition) is 3. The van der Waals surface area contributed by atoms with Crippen LogP contribution < -0.4 is 5.32 Å². The average molecular weight is 262 g/mol. The first kappa shape index (κ1) is 14.0. The molecule has 4 heteroatoms. The molecule has 1 aromatic carbocycles. The summed E-state index contributed by atoms with van der Waals surface area (Å²) >= 11 is 0.